The van der Waals surface area contributed by atoms with Crippen LogP contribution in [0.15, 0.2) is 54.6 Å². The number of benzene rings is 2. The first kappa shape index (κ1) is 28.8. The van der Waals surface area contributed by atoms with Gasteiger partial charge in [0.05, 0.1) is 6.61 Å². The minimum Gasteiger partial charge on any atom is -0.484 e. The molecule has 0 saturated carbocycles. The Morgan fingerprint density at radius 1 is 0.917 bits per heavy atom. The van der Waals surface area contributed by atoms with Gasteiger partial charge in [0.1, 0.15) is 5.75 Å². The molecule has 2 aromatic carbocycles. The average Bonchev–Trinajstić information content (AvgIpc) is 2.89. The van der Waals surface area contributed by atoms with Gasteiger partial charge in [-0.3, -0.25) is 25.2 Å². The highest BCUT2D eigenvalue weighted by atomic mass is 32.1. The largest absolute Gasteiger partial charge is 0.484 e. The molecule has 9 heteroatoms. The van der Waals surface area contributed by atoms with Crippen LogP contribution >= 0.6 is 12.2 Å². The van der Waals surface area contributed by atoms with E-state index in [1.165, 1.54) is 11.1 Å². The number of carbonyl (C=O) groups is 3. The lowest BCUT2D eigenvalue weighted by Crippen LogP contribution is -2.49. The summed E-state index contributed by atoms with van der Waals surface area (Å²) in [5.74, 6) is -0.100. The normalized spacial score (nSPS) is 11.2. The predicted octanol–water partition coefficient (Wildman–Crippen LogP) is 3.95. The Balaban J connectivity index is 1.51. The SMILES string of the molecule is CCC(C)c1ccc(OCC(=O)NNC(=S)NC(=O)CCCC(=O)OCCCc2ccccc2)cc1. The molecule has 1 unspecified atom stereocenters. The molecule has 0 bridgehead atoms. The van der Waals surface area contributed by atoms with E-state index in [-0.39, 0.29) is 36.4 Å². The van der Waals surface area contributed by atoms with Gasteiger partial charge in [-0.05, 0) is 67.1 Å². The minimum absolute atomic E-state index is 0.0465. The summed E-state index contributed by atoms with van der Waals surface area (Å²) in [5.41, 5.74) is 7.24. The van der Waals surface area contributed by atoms with Crippen LogP contribution in [-0.4, -0.2) is 36.1 Å². The van der Waals surface area contributed by atoms with E-state index in [4.69, 9.17) is 21.7 Å². The van der Waals surface area contributed by atoms with Gasteiger partial charge in [0.25, 0.3) is 5.91 Å². The van der Waals surface area contributed by atoms with E-state index in [1.54, 1.807) is 0 Å². The third-order valence-corrected chi connectivity index (χ3v) is 5.70. The summed E-state index contributed by atoms with van der Waals surface area (Å²) < 4.78 is 10.7. The van der Waals surface area contributed by atoms with E-state index in [0.29, 0.717) is 24.7 Å². The van der Waals surface area contributed by atoms with E-state index >= 15 is 0 Å². The third-order valence-electron chi connectivity index (χ3n) is 5.50. The number of rotatable bonds is 13. The molecule has 2 amide bonds. The summed E-state index contributed by atoms with van der Waals surface area (Å²) in [6, 6.07) is 17.6. The van der Waals surface area contributed by atoms with Crippen molar-refractivity contribution in [2.24, 2.45) is 0 Å². The highest BCUT2D eigenvalue weighted by Crippen LogP contribution is 2.21. The standard InChI is InChI=1S/C27H35N3O5S/c1-3-20(2)22-14-16-23(17-15-22)35-19-25(32)29-30-27(36)28-24(31)12-7-13-26(33)34-18-8-11-21-9-5-4-6-10-21/h4-6,9-10,14-17,20H,3,7-8,11-13,18-19H2,1-2H3,(H,29,32)(H2,28,30,31,36). The van der Waals surface area contributed by atoms with Crippen LogP contribution < -0.4 is 20.9 Å². The molecule has 36 heavy (non-hydrogen) atoms. The zero-order chi connectivity index (χ0) is 26.2. The van der Waals surface area contributed by atoms with Crippen molar-refractivity contribution in [1.29, 1.82) is 0 Å². The lowest BCUT2D eigenvalue weighted by Gasteiger charge is -2.12. The van der Waals surface area contributed by atoms with E-state index in [0.717, 1.165) is 19.3 Å². The second-order valence-electron chi connectivity index (χ2n) is 8.38. The number of thiocarbonyl (C=S) groups is 1. The van der Waals surface area contributed by atoms with Crippen LogP contribution in [0.25, 0.3) is 0 Å². The monoisotopic (exact) mass is 513 g/mol. The zero-order valence-electron chi connectivity index (χ0n) is 20.9. The van der Waals surface area contributed by atoms with Gasteiger partial charge in [-0.25, -0.2) is 0 Å². The fourth-order valence-corrected chi connectivity index (χ4v) is 3.40. The number of hydrogen-bond donors (Lipinski definition) is 3. The van der Waals surface area contributed by atoms with Crippen molar-refractivity contribution in [1.82, 2.24) is 16.2 Å². The molecule has 0 heterocycles. The Labute approximate surface area is 218 Å². The van der Waals surface area contributed by atoms with Crippen molar-refractivity contribution in [3.05, 3.63) is 65.7 Å². The second kappa shape index (κ2) is 16.3. The van der Waals surface area contributed by atoms with Gasteiger partial charge in [0.2, 0.25) is 5.91 Å². The van der Waals surface area contributed by atoms with Crippen LogP contribution in [0.5, 0.6) is 5.75 Å². The second-order valence-corrected chi connectivity index (χ2v) is 8.79. The van der Waals surface area contributed by atoms with Crippen LogP contribution in [0, 0.1) is 0 Å². The molecule has 0 saturated heterocycles. The Hall–Kier alpha value is -3.46. The average molecular weight is 514 g/mol. The molecule has 1 atom stereocenters. The first-order valence-corrected chi connectivity index (χ1v) is 12.6. The van der Waals surface area contributed by atoms with Gasteiger partial charge < -0.3 is 14.8 Å². The fourth-order valence-electron chi connectivity index (χ4n) is 3.23. The van der Waals surface area contributed by atoms with Crippen molar-refractivity contribution >= 4 is 35.1 Å². The molecule has 194 valence electrons. The molecule has 3 N–H and O–H groups in total. The maximum Gasteiger partial charge on any atom is 0.305 e. The van der Waals surface area contributed by atoms with E-state index < -0.39 is 5.91 Å². The fraction of sp³-hybridized carbons (Fsp3) is 0.407. The number of esters is 1. The molecule has 0 radical (unpaired) electrons. The number of ether oxygens (including phenoxy) is 2. The summed E-state index contributed by atoms with van der Waals surface area (Å²) in [5, 5.41) is 2.40. The zero-order valence-corrected chi connectivity index (χ0v) is 21.7. The minimum atomic E-state index is -0.451. The first-order valence-electron chi connectivity index (χ1n) is 12.2. The summed E-state index contributed by atoms with van der Waals surface area (Å²) in [7, 11) is 0. The van der Waals surface area contributed by atoms with Crippen LogP contribution in [0.4, 0.5) is 0 Å². The van der Waals surface area contributed by atoms with Gasteiger partial charge in [-0.15, -0.1) is 0 Å². The van der Waals surface area contributed by atoms with Crippen molar-refractivity contribution in [2.75, 3.05) is 13.2 Å². The van der Waals surface area contributed by atoms with Crippen molar-refractivity contribution in [2.45, 2.75) is 58.3 Å². The van der Waals surface area contributed by atoms with Gasteiger partial charge >= 0.3 is 5.97 Å². The number of hydrogen-bond acceptors (Lipinski definition) is 6. The summed E-state index contributed by atoms with van der Waals surface area (Å²) in [4.78, 5) is 35.7. The van der Waals surface area contributed by atoms with Gasteiger partial charge in [0.15, 0.2) is 11.7 Å². The number of carbonyl (C=O) groups excluding carboxylic acids is 3. The molecule has 8 nitrogen and oxygen atoms in total. The van der Waals surface area contributed by atoms with Crippen LogP contribution in [0.3, 0.4) is 0 Å². The Morgan fingerprint density at radius 2 is 1.64 bits per heavy atom. The molecule has 2 rings (SSSR count). The first-order chi connectivity index (χ1) is 17.4. The third kappa shape index (κ3) is 11.8. The summed E-state index contributed by atoms with van der Waals surface area (Å²) in [6.07, 6.45) is 3.22. The van der Waals surface area contributed by atoms with Crippen LogP contribution in [-0.2, 0) is 25.5 Å². The Kier molecular flexibility index (Phi) is 13.0. The van der Waals surface area contributed by atoms with Crippen LogP contribution in [0.2, 0.25) is 0 Å². The molecule has 2 aromatic rings. The van der Waals surface area contributed by atoms with Crippen molar-refractivity contribution in [3.63, 3.8) is 0 Å². The number of nitrogens with one attached hydrogen (secondary N) is 3. The van der Waals surface area contributed by atoms with Crippen molar-refractivity contribution < 1.29 is 23.9 Å². The van der Waals surface area contributed by atoms with Crippen molar-refractivity contribution in [3.8, 4) is 5.75 Å². The Morgan fingerprint density at radius 3 is 2.33 bits per heavy atom. The molecule has 0 aromatic heterocycles. The molecule has 0 spiro atoms. The molecular weight excluding hydrogens is 478 g/mol. The van der Waals surface area contributed by atoms with Gasteiger partial charge in [0, 0.05) is 12.8 Å². The smallest absolute Gasteiger partial charge is 0.305 e. The van der Waals surface area contributed by atoms with E-state index in [1.807, 2.05) is 54.6 Å². The lowest BCUT2D eigenvalue weighted by molar-refractivity contribution is -0.143. The summed E-state index contributed by atoms with van der Waals surface area (Å²) in [6.45, 7) is 4.42. The molecular formula is C27H35N3O5S. The highest BCUT2D eigenvalue weighted by Gasteiger charge is 2.10. The number of hydrazine groups is 1. The molecule has 0 aliphatic carbocycles. The van der Waals surface area contributed by atoms with Gasteiger partial charge in [-0.1, -0.05) is 56.3 Å². The molecule has 0 aliphatic heterocycles. The number of aryl methyl sites for hydroxylation is 1. The summed E-state index contributed by atoms with van der Waals surface area (Å²) >= 11 is 5.00. The highest BCUT2D eigenvalue weighted by molar-refractivity contribution is 7.80. The van der Waals surface area contributed by atoms with E-state index in [9.17, 15) is 14.4 Å². The molecule has 0 fully saturated rings. The lowest BCUT2D eigenvalue weighted by atomic mass is 9.99. The maximum atomic E-state index is 12.0. The number of amides is 2. The van der Waals surface area contributed by atoms with Crippen LogP contribution in [0.1, 0.15) is 63.0 Å². The molecule has 0 aliphatic rings. The topological polar surface area (TPSA) is 106 Å². The maximum absolute atomic E-state index is 12.0. The quantitative estimate of drug-likeness (QED) is 0.161. The van der Waals surface area contributed by atoms with E-state index in [2.05, 4.69) is 30.0 Å². The predicted molar refractivity (Wildman–Crippen MR) is 142 cm³/mol. The van der Waals surface area contributed by atoms with Gasteiger partial charge in [-0.2, -0.15) is 0 Å². The Bertz CT molecular complexity index is 983.